The number of nitrogens with zero attached hydrogens (tertiary/aromatic N) is 5. The number of thioether (sulfide) groups is 1. The maximum atomic E-state index is 12.1. The summed E-state index contributed by atoms with van der Waals surface area (Å²) in [6.07, 6.45) is 3.43. The van der Waals surface area contributed by atoms with E-state index in [4.69, 9.17) is 38.9 Å². The monoisotopic (exact) mass is 475 g/mol. The predicted molar refractivity (Wildman–Crippen MR) is 119 cm³/mol. The van der Waals surface area contributed by atoms with Crippen molar-refractivity contribution in [3.05, 3.63) is 46.7 Å². The Labute approximate surface area is 192 Å². The van der Waals surface area contributed by atoms with Gasteiger partial charge in [-0.2, -0.15) is 15.2 Å². The van der Waals surface area contributed by atoms with Crippen molar-refractivity contribution in [2.45, 2.75) is 11.6 Å². The zero-order valence-corrected chi connectivity index (χ0v) is 18.2. The smallest absolute Gasteiger partial charge is 0.225 e. The maximum absolute atomic E-state index is 12.1. The van der Waals surface area contributed by atoms with E-state index in [-0.39, 0.29) is 46.5 Å². The average Bonchev–Trinajstić information content (AvgIpc) is 2.73. The molecule has 2 heterocycles. The largest absolute Gasteiger partial charge is 0.477 e. The van der Waals surface area contributed by atoms with E-state index in [9.17, 15) is 4.79 Å². The van der Waals surface area contributed by atoms with E-state index >= 15 is 0 Å². The van der Waals surface area contributed by atoms with E-state index in [0.29, 0.717) is 22.2 Å². The number of carbonyl (C=O) groups excluding carboxylic acids is 1. The molecular weight excluding hydrogens is 461 g/mol. The SMILES string of the molecule is N#CCOc1cc(-c2nc(N)nc(SCCC(=O)Nc3ccncc3)n2)c(Cl)cc1Cl. The Hall–Kier alpha value is -3.13. The number of anilines is 2. The van der Waals surface area contributed by atoms with E-state index in [1.807, 2.05) is 6.07 Å². The van der Waals surface area contributed by atoms with Crippen molar-refractivity contribution in [3.8, 4) is 23.2 Å². The molecule has 0 unspecified atom stereocenters. The number of nitrogen functional groups attached to an aromatic ring is 1. The lowest BCUT2D eigenvalue weighted by Gasteiger charge is -2.10. The molecular formula is C19H15Cl2N7O2S. The van der Waals surface area contributed by atoms with Crippen LogP contribution in [0.5, 0.6) is 5.75 Å². The Morgan fingerprint density at radius 3 is 2.71 bits per heavy atom. The summed E-state index contributed by atoms with van der Waals surface area (Å²) in [5, 5.41) is 12.4. The van der Waals surface area contributed by atoms with E-state index < -0.39 is 0 Å². The third kappa shape index (κ3) is 6.42. The van der Waals surface area contributed by atoms with Gasteiger partial charge in [0, 0.05) is 35.8 Å². The van der Waals surface area contributed by atoms with Crippen molar-refractivity contribution in [2.24, 2.45) is 0 Å². The molecule has 1 amide bonds. The molecule has 0 radical (unpaired) electrons. The van der Waals surface area contributed by atoms with Gasteiger partial charge in [0.05, 0.1) is 10.0 Å². The minimum absolute atomic E-state index is 0.000697. The number of rotatable bonds is 8. The fraction of sp³-hybridized carbons (Fsp3) is 0.158. The Bertz CT molecular complexity index is 1130. The van der Waals surface area contributed by atoms with Gasteiger partial charge in [-0.1, -0.05) is 35.0 Å². The number of ether oxygens (including phenoxy) is 1. The lowest BCUT2D eigenvalue weighted by atomic mass is 10.2. The van der Waals surface area contributed by atoms with E-state index in [1.165, 1.54) is 23.9 Å². The summed E-state index contributed by atoms with van der Waals surface area (Å²) in [7, 11) is 0. The molecule has 158 valence electrons. The highest BCUT2D eigenvalue weighted by atomic mass is 35.5. The van der Waals surface area contributed by atoms with Gasteiger partial charge in [-0.05, 0) is 24.3 Å². The van der Waals surface area contributed by atoms with Crippen LogP contribution in [0.4, 0.5) is 11.6 Å². The Balaban J connectivity index is 1.70. The molecule has 0 aliphatic heterocycles. The molecule has 0 spiro atoms. The zero-order chi connectivity index (χ0) is 22.2. The number of aromatic nitrogens is 4. The van der Waals surface area contributed by atoms with Gasteiger partial charge in [-0.25, -0.2) is 4.98 Å². The summed E-state index contributed by atoms with van der Waals surface area (Å²) < 4.78 is 5.30. The minimum atomic E-state index is -0.178. The molecule has 31 heavy (non-hydrogen) atoms. The number of hydrogen-bond donors (Lipinski definition) is 2. The number of hydrogen-bond acceptors (Lipinski definition) is 9. The summed E-state index contributed by atoms with van der Waals surface area (Å²) in [4.78, 5) is 28.6. The average molecular weight is 476 g/mol. The van der Waals surface area contributed by atoms with Crippen molar-refractivity contribution in [3.63, 3.8) is 0 Å². The minimum Gasteiger partial charge on any atom is -0.477 e. The second-order valence-corrected chi connectivity index (χ2v) is 7.77. The number of nitrogens with one attached hydrogen (secondary N) is 1. The van der Waals surface area contributed by atoms with Crippen molar-refractivity contribution >= 4 is 52.5 Å². The lowest BCUT2D eigenvalue weighted by Crippen LogP contribution is -2.12. The molecule has 12 heteroatoms. The standard InChI is InChI=1S/C19H15Cl2N7O2S/c20-13-10-14(21)15(30-7-4-22)9-12(13)17-26-18(23)28-19(27-17)31-8-3-16(29)25-11-1-5-24-6-2-11/h1-2,5-6,9-10H,3,7-8H2,(H,24,25,29)(H2,23,26,27,28). The van der Waals surface area contributed by atoms with Gasteiger partial charge < -0.3 is 15.8 Å². The van der Waals surface area contributed by atoms with Crippen LogP contribution in [0.25, 0.3) is 11.4 Å². The van der Waals surface area contributed by atoms with Crippen LogP contribution in [0.15, 0.2) is 41.8 Å². The topological polar surface area (TPSA) is 140 Å². The predicted octanol–water partition coefficient (Wildman–Crippen LogP) is 3.85. The molecule has 0 atom stereocenters. The summed E-state index contributed by atoms with van der Waals surface area (Å²) in [6, 6.07) is 8.28. The van der Waals surface area contributed by atoms with Crippen LogP contribution in [-0.2, 0) is 4.79 Å². The second-order valence-electron chi connectivity index (χ2n) is 5.89. The van der Waals surface area contributed by atoms with Gasteiger partial charge >= 0.3 is 0 Å². The molecule has 0 saturated carbocycles. The first-order chi connectivity index (χ1) is 15.0. The lowest BCUT2D eigenvalue weighted by molar-refractivity contribution is -0.115. The van der Waals surface area contributed by atoms with Gasteiger partial charge in [0.1, 0.15) is 11.8 Å². The number of nitrogens with two attached hydrogens (primary N) is 1. The first-order valence-corrected chi connectivity index (χ1v) is 10.5. The van der Waals surface area contributed by atoms with Crippen molar-refractivity contribution in [2.75, 3.05) is 23.4 Å². The highest BCUT2D eigenvalue weighted by Gasteiger charge is 2.15. The Morgan fingerprint density at radius 2 is 1.97 bits per heavy atom. The molecule has 0 saturated heterocycles. The fourth-order valence-corrected chi connectivity index (χ4v) is 3.67. The van der Waals surface area contributed by atoms with E-state index in [2.05, 4.69) is 25.3 Å². The summed E-state index contributed by atoms with van der Waals surface area (Å²) in [6.45, 7) is -0.178. The number of pyridine rings is 1. The number of benzene rings is 1. The number of carbonyl (C=O) groups is 1. The van der Waals surface area contributed by atoms with Gasteiger partial charge in [0.2, 0.25) is 11.9 Å². The fourth-order valence-electron chi connectivity index (χ4n) is 2.37. The van der Waals surface area contributed by atoms with E-state index in [0.717, 1.165) is 0 Å². The molecule has 3 rings (SSSR count). The van der Waals surface area contributed by atoms with E-state index in [1.54, 1.807) is 24.5 Å². The highest BCUT2D eigenvalue weighted by Crippen LogP contribution is 2.36. The number of amides is 1. The summed E-state index contributed by atoms with van der Waals surface area (Å²) in [5.74, 6) is 0.758. The maximum Gasteiger partial charge on any atom is 0.225 e. The molecule has 9 nitrogen and oxygen atoms in total. The first kappa shape index (κ1) is 22.6. The molecule has 3 N–H and O–H groups in total. The van der Waals surface area contributed by atoms with Crippen LogP contribution in [-0.4, -0.2) is 38.2 Å². The molecule has 1 aromatic carbocycles. The normalized spacial score (nSPS) is 10.4. The van der Waals surface area contributed by atoms with Crippen molar-refractivity contribution < 1.29 is 9.53 Å². The highest BCUT2D eigenvalue weighted by molar-refractivity contribution is 7.99. The second kappa shape index (κ2) is 10.8. The first-order valence-electron chi connectivity index (χ1n) is 8.79. The number of nitriles is 1. The quantitative estimate of drug-likeness (QED) is 0.464. The molecule has 2 aromatic heterocycles. The van der Waals surface area contributed by atoms with Gasteiger partial charge in [0.25, 0.3) is 0 Å². The molecule has 3 aromatic rings. The molecule has 0 bridgehead atoms. The van der Waals surface area contributed by atoms with Gasteiger partial charge in [-0.3, -0.25) is 9.78 Å². The van der Waals surface area contributed by atoms with Crippen LogP contribution < -0.4 is 15.8 Å². The van der Waals surface area contributed by atoms with Crippen LogP contribution in [0.1, 0.15) is 6.42 Å². The van der Waals surface area contributed by atoms with Crippen molar-refractivity contribution in [1.82, 2.24) is 19.9 Å². The Kier molecular flexibility index (Phi) is 7.83. The zero-order valence-electron chi connectivity index (χ0n) is 15.9. The van der Waals surface area contributed by atoms with Gasteiger partial charge in [0.15, 0.2) is 17.6 Å². The van der Waals surface area contributed by atoms with Crippen LogP contribution in [0.2, 0.25) is 10.0 Å². The van der Waals surface area contributed by atoms with Gasteiger partial charge in [-0.15, -0.1) is 0 Å². The number of halogens is 2. The summed E-state index contributed by atoms with van der Waals surface area (Å²) >= 11 is 13.6. The molecule has 0 fully saturated rings. The molecule has 0 aliphatic carbocycles. The van der Waals surface area contributed by atoms with Crippen LogP contribution in [0.3, 0.4) is 0 Å². The Morgan fingerprint density at radius 1 is 1.19 bits per heavy atom. The third-order valence-corrected chi connectivity index (χ3v) is 5.17. The molecule has 0 aliphatic rings. The van der Waals surface area contributed by atoms with Crippen molar-refractivity contribution in [1.29, 1.82) is 5.26 Å². The third-order valence-electron chi connectivity index (χ3n) is 3.71. The van der Waals surface area contributed by atoms with Crippen LogP contribution >= 0.6 is 35.0 Å². The summed E-state index contributed by atoms with van der Waals surface area (Å²) in [5.41, 5.74) is 6.92. The van der Waals surface area contributed by atoms with Crippen LogP contribution in [0, 0.1) is 11.3 Å².